The van der Waals surface area contributed by atoms with Crippen molar-refractivity contribution in [3.05, 3.63) is 0 Å². The van der Waals surface area contributed by atoms with E-state index in [9.17, 15) is 4.79 Å². The predicted octanol–water partition coefficient (Wildman–Crippen LogP) is 2.51. The van der Waals surface area contributed by atoms with Gasteiger partial charge in [-0.05, 0) is 19.3 Å². The molecule has 1 fully saturated rings. The Morgan fingerprint density at radius 2 is 2.12 bits per heavy atom. The molecule has 1 aliphatic heterocycles. The molecule has 0 radical (unpaired) electrons. The van der Waals surface area contributed by atoms with Crippen molar-refractivity contribution in [2.75, 3.05) is 6.67 Å². The van der Waals surface area contributed by atoms with Crippen LogP contribution in [0.2, 0.25) is 0 Å². The summed E-state index contributed by atoms with van der Waals surface area (Å²) in [5.41, 5.74) is 0. The van der Waals surface area contributed by atoms with Gasteiger partial charge >= 0.3 is 0 Å². The summed E-state index contributed by atoms with van der Waals surface area (Å²) in [6, 6.07) is 0.530. The number of amides is 1. The largest absolute Gasteiger partial charge is 0.326 e. The Morgan fingerprint density at radius 3 is 2.69 bits per heavy atom. The summed E-state index contributed by atoms with van der Waals surface area (Å²) in [5, 5.41) is 3.34. The molecule has 0 aromatic heterocycles. The topological polar surface area (TPSA) is 32.3 Å². The van der Waals surface area contributed by atoms with Crippen LogP contribution < -0.4 is 5.32 Å². The molecule has 1 N–H and O–H groups in total. The van der Waals surface area contributed by atoms with Crippen molar-refractivity contribution in [2.45, 2.75) is 71.4 Å². The first kappa shape index (κ1) is 13.5. The quantitative estimate of drug-likeness (QED) is 0.723. The highest BCUT2D eigenvalue weighted by Crippen LogP contribution is 2.18. The van der Waals surface area contributed by atoms with Gasteiger partial charge in [0.15, 0.2) is 0 Å². The van der Waals surface area contributed by atoms with E-state index in [0.29, 0.717) is 11.9 Å². The van der Waals surface area contributed by atoms with E-state index in [-0.39, 0.29) is 6.04 Å². The minimum absolute atomic E-state index is 0.0888. The molecule has 0 aromatic carbocycles. The molecule has 0 spiro atoms. The van der Waals surface area contributed by atoms with Crippen molar-refractivity contribution >= 4 is 5.91 Å². The van der Waals surface area contributed by atoms with E-state index < -0.39 is 0 Å². The van der Waals surface area contributed by atoms with Crippen molar-refractivity contribution in [3.63, 3.8) is 0 Å². The zero-order valence-corrected chi connectivity index (χ0v) is 11.0. The fourth-order valence-electron chi connectivity index (χ4n) is 2.43. The second-order valence-corrected chi connectivity index (χ2v) is 4.72. The van der Waals surface area contributed by atoms with Crippen LogP contribution in [0.5, 0.6) is 0 Å². The summed E-state index contributed by atoms with van der Waals surface area (Å²) in [4.78, 5) is 14.2. The Kier molecular flexibility index (Phi) is 5.81. The lowest BCUT2D eigenvalue weighted by atomic mass is 10.1. The van der Waals surface area contributed by atoms with Gasteiger partial charge in [0.2, 0.25) is 5.91 Å². The Bertz CT molecular complexity index is 218. The second kappa shape index (κ2) is 6.89. The molecule has 2 unspecified atom stereocenters. The average molecular weight is 226 g/mol. The molecule has 0 bridgehead atoms. The van der Waals surface area contributed by atoms with Gasteiger partial charge in [0.05, 0.1) is 12.7 Å². The van der Waals surface area contributed by atoms with Crippen LogP contribution in [0.4, 0.5) is 0 Å². The van der Waals surface area contributed by atoms with E-state index in [0.717, 1.165) is 45.2 Å². The standard InChI is InChI=1S/C13H26N2O/c1-4-7-9-12-13(16)15(10-14-12)11(6-3)8-5-2/h11-12,14H,4-10H2,1-3H3. The number of hydrogen-bond acceptors (Lipinski definition) is 2. The van der Waals surface area contributed by atoms with Crippen LogP contribution in [0.3, 0.4) is 0 Å². The van der Waals surface area contributed by atoms with Gasteiger partial charge in [-0.3, -0.25) is 10.1 Å². The summed E-state index contributed by atoms with van der Waals surface area (Å²) < 4.78 is 0. The SMILES string of the molecule is CCCCC1NCN(C(CC)CCC)C1=O. The van der Waals surface area contributed by atoms with Gasteiger partial charge in [-0.15, -0.1) is 0 Å². The van der Waals surface area contributed by atoms with Gasteiger partial charge in [-0.1, -0.05) is 40.0 Å². The first-order chi connectivity index (χ1) is 7.74. The van der Waals surface area contributed by atoms with Gasteiger partial charge in [0, 0.05) is 6.04 Å². The number of nitrogens with zero attached hydrogens (tertiary/aromatic N) is 1. The van der Waals surface area contributed by atoms with Gasteiger partial charge in [0.1, 0.15) is 0 Å². The van der Waals surface area contributed by atoms with Crippen LogP contribution in [0.1, 0.15) is 59.3 Å². The predicted molar refractivity (Wildman–Crippen MR) is 67.1 cm³/mol. The number of hydrogen-bond donors (Lipinski definition) is 1. The highest BCUT2D eigenvalue weighted by Gasteiger charge is 2.33. The summed E-state index contributed by atoms with van der Waals surface area (Å²) in [6.45, 7) is 7.28. The molecule has 1 amide bonds. The lowest BCUT2D eigenvalue weighted by Crippen LogP contribution is -2.38. The van der Waals surface area contributed by atoms with Crippen LogP contribution in [-0.2, 0) is 4.79 Å². The van der Waals surface area contributed by atoms with Crippen LogP contribution in [0.15, 0.2) is 0 Å². The van der Waals surface area contributed by atoms with Crippen molar-refractivity contribution in [3.8, 4) is 0 Å². The van der Waals surface area contributed by atoms with E-state index in [4.69, 9.17) is 0 Å². The first-order valence-electron chi connectivity index (χ1n) is 6.78. The van der Waals surface area contributed by atoms with Crippen molar-refractivity contribution < 1.29 is 4.79 Å². The van der Waals surface area contributed by atoms with Crippen LogP contribution in [0, 0.1) is 0 Å². The zero-order valence-electron chi connectivity index (χ0n) is 11.0. The third-order valence-electron chi connectivity index (χ3n) is 3.47. The number of nitrogens with one attached hydrogen (secondary N) is 1. The van der Waals surface area contributed by atoms with E-state index in [1.165, 1.54) is 0 Å². The molecule has 1 heterocycles. The molecule has 1 saturated heterocycles. The van der Waals surface area contributed by atoms with Crippen LogP contribution >= 0.6 is 0 Å². The Hall–Kier alpha value is -0.570. The van der Waals surface area contributed by atoms with Crippen LogP contribution in [0.25, 0.3) is 0 Å². The van der Waals surface area contributed by atoms with E-state index in [1.54, 1.807) is 0 Å². The molecule has 3 heteroatoms. The summed E-state index contributed by atoms with van der Waals surface area (Å²) >= 11 is 0. The fourth-order valence-corrected chi connectivity index (χ4v) is 2.43. The molecule has 1 aliphatic rings. The summed E-state index contributed by atoms with van der Waals surface area (Å²) in [7, 11) is 0. The molecule has 0 aromatic rings. The maximum atomic E-state index is 12.1. The maximum Gasteiger partial charge on any atom is 0.241 e. The molecule has 0 saturated carbocycles. The van der Waals surface area contributed by atoms with Gasteiger partial charge in [-0.25, -0.2) is 0 Å². The average Bonchev–Trinajstić information content (AvgIpc) is 2.65. The molecule has 0 aliphatic carbocycles. The third-order valence-corrected chi connectivity index (χ3v) is 3.47. The number of carbonyl (C=O) groups is 1. The van der Waals surface area contributed by atoms with Crippen molar-refractivity contribution in [2.24, 2.45) is 0 Å². The van der Waals surface area contributed by atoms with Crippen molar-refractivity contribution in [1.29, 1.82) is 0 Å². The number of carbonyl (C=O) groups excluding carboxylic acids is 1. The minimum Gasteiger partial charge on any atom is -0.326 e. The lowest BCUT2D eigenvalue weighted by molar-refractivity contribution is -0.131. The van der Waals surface area contributed by atoms with E-state index in [1.807, 2.05) is 4.90 Å². The highest BCUT2D eigenvalue weighted by molar-refractivity contribution is 5.84. The Morgan fingerprint density at radius 1 is 1.38 bits per heavy atom. The molecular formula is C13H26N2O. The Labute approximate surface area is 99.6 Å². The number of unbranched alkanes of at least 4 members (excludes halogenated alkanes) is 1. The van der Waals surface area contributed by atoms with Gasteiger partial charge in [0.25, 0.3) is 0 Å². The smallest absolute Gasteiger partial charge is 0.241 e. The Balaban J connectivity index is 2.48. The normalized spacial score (nSPS) is 22.8. The molecule has 16 heavy (non-hydrogen) atoms. The highest BCUT2D eigenvalue weighted by atomic mass is 16.2. The molecule has 1 rings (SSSR count). The lowest BCUT2D eigenvalue weighted by Gasteiger charge is -2.26. The molecule has 3 nitrogen and oxygen atoms in total. The third kappa shape index (κ3) is 3.21. The molecule has 2 atom stereocenters. The zero-order chi connectivity index (χ0) is 12.0. The molecular weight excluding hydrogens is 200 g/mol. The maximum absolute atomic E-state index is 12.1. The van der Waals surface area contributed by atoms with Gasteiger partial charge < -0.3 is 4.90 Å². The monoisotopic (exact) mass is 226 g/mol. The van der Waals surface area contributed by atoms with E-state index >= 15 is 0 Å². The summed E-state index contributed by atoms with van der Waals surface area (Å²) in [6.07, 6.45) is 6.65. The van der Waals surface area contributed by atoms with Crippen molar-refractivity contribution in [1.82, 2.24) is 10.2 Å². The van der Waals surface area contributed by atoms with Gasteiger partial charge in [-0.2, -0.15) is 0 Å². The number of rotatable bonds is 7. The second-order valence-electron chi connectivity index (χ2n) is 4.72. The fraction of sp³-hybridized carbons (Fsp3) is 0.923. The van der Waals surface area contributed by atoms with E-state index in [2.05, 4.69) is 26.1 Å². The first-order valence-corrected chi connectivity index (χ1v) is 6.78. The summed E-state index contributed by atoms with van der Waals surface area (Å²) in [5.74, 6) is 0.328. The minimum atomic E-state index is 0.0888. The molecule has 94 valence electrons. The van der Waals surface area contributed by atoms with Crippen LogP contribution in [-0.4, -0.2) is 29.6 Å².